The fourth-order valence-electron chi connectivity index (χ4n) is 3.70. The number of fused-ring (bicyclic) bond motifs is 1. The van der Waals surface area contributed by atoms with Crippen molar-refractivity contribution in [3.8, 4) is 0 Å². The molecule has 6 nitrogen and oxygen atoms in total. The van der Waals surface area contributed by atoms with E-state index in [2.05, 4.69) is 25.8 Å². The van der Waals surface area contributed by atoms with Gasteiger partial charge in [0.15, 0.2) is 0 Å². The van der Waals surface area contributed by atoms with E-state index in [4.69, 9.17) is 0 Å². The molecule has 0 aliphatic heterocycles. The molecule has 1 heterocycles. The van der Waals surface area contributed by atoms with Crippen molar-refractivity contribution in [2.24, 2.45) is 0 Å². The predicted octanol–water partition coefficient (Wildman–Crippen LogP) is 3.63. The number of benzene rings is 2. The van der Waals surface area contributed by atoms with Gasteiger partial charge in [-0.1, -0.05) is 39.0 Å². The molecule has 0 saturated heterocycles. The van der Waals surface area contributed by atoms with Crippen LogP contribution in [-0.4, -0.2) is 36.0 Å². The summed E-state index contributed by atoms with van der Waals surface area (Å²) in [6, 6.07) is 12.4. The summed E-state index contributed by atoms with van der Waals surface area (Å²) in [5.41, 5.74) is 3.69. The number of rotatable bonds is 6. The number of pyridine rings is 1. The van der Waals surface area contributed by atoms with Gasteiger partial charge in [0.25, 0.3) is 5.56 Å². The van der Waals surface area contributed by atoms with Gasteiger partial charge in [-0.2, -0.15) is 4.31 Å². The van der Waals surface area contributed by atoms with Crippen LogP contribution in [0.25, 0.3) is 10.9 Å². The fraction of sp³-hybridized carbons (Fsp3) is 0.375. The molecule has 0 amide bonds. The maximum atomic E-state index is 13.3. The Morgan fingerprint density at radius 3 is 2.26 bits per heavy atom. The van der Waals surface area contributed by atoms with Gasteiger partial charge >= 0.3 is 0 Å². The van der Waals surface area contributed by atoms with E-state index < -0.39 is 10.0 Å². The average molecular weight is 443 g/mol. The van der Waals surface area contributed by atoms with Crippen LogP contribution in [0.5, 0.6) is 0 Å². The van der Waals surface area contributed by atoms with Crippen molar-refractivity contribution in [3.63, 3.8) is 0 Å². The molecule has 1 aromatic heterocycles. The Bertz CT molecular complexity index is 1250. The molecule has 0 fully saturated rings. The first kappa shape index (κ1) is 23.2. The van der Waals surface area contributed by atoms with E-state index in [1.807, 2.05) is 26.0 Å². The number of nitrogens with zero attached hydrogens (tertiary/aromatic N) is 1. The second-order valence-corrected chi connectivity index (χ2v) is 10.9. The number of H-pyrrole nitrogens is 1. The molecule has 0 bridgehead atoms. The largest absolute Gasteiger partial charge is 0.395 e. The molecular weight excluding hydrogens is 412 g/mol. The van der Waals surface area contributed by atoms with Gasteiger partial charge in [0.2, 0.25) is 10.0 Å². The Morgan fingerprint density at radius 2 is 1.68 bits per heavy atom. The Morgan fingerprint density at radius 1 is 1.03 bits per heavy atom. The van der Waals surface area contributed by atoms with Crippen LogP contribution in [0.4, 0.5) is 0 Å². The monoisotopic (exact) mass is 442 g/mol. The van der Waals surface area contributed by atoms with E-state index in [1.54, 1.807) is 30.3 Å². The van der Waals surface area contributed by atoms with E-state index in [9.17, 15) is 18.3 Å². The van der Waals surface area contributed by atoms with Crippen LogP contribution >= 0.6 is 0 Å². The zero-order valence-corrected chi connectivity index (χ0v) is 19.5. The lowest BCUT2D eigenvalue weighted by molar-refractivity contribution is 0.251. The molecule has 0 saturated carbocycles. The van der Waals surface area contributed by atoms with E-state index in [1.165, 1.54) is 0 Å². The van der Waals surface area contributed by atoms with Crippen LogP contribution in [0.2, 0.25) is 0 Å². The number of aryl methyl sites for hydroxylation is 2. The zero-order valence-electron chi connectivity index (χ0n) is 18.7. The van der Waals surface area contributed by atoms with E-state index >= 15 is 0 Å². The lowest BCUT2D eigenvalue weighted by Gasteiger charge is -2.23. The molecule has 0 spiro atoms. The number of aromatic amines is 1. The fourth-order valence-corrected chi connectivity index (χ4v) is 5.10. The molecule has 2 aromatic carbocycles. The Labute approximate surface area is 183 Å². The first-order valence-electron chi connectivity index (χ1n) is 10.3. The molecular formula is C24H30N2O4S. The quantitative estimate of drug-likeness (QED) is 0.610. The third-order valence-corrected chi connectivity index (χ3v) is 7.30. The van der Waals surface area contributed by atoms with Crippen LogP contribution in [0.1, 0.15) is 43.0 Å². The highest BCUT2D eigenvalue weighted by Crippen LogP contribution is 2.25. The van der Waals surface area contributed by atoms with Gasteiger partial charge in [-0.25, -0.2) is 8.42 Å². The van der Waals surface area contributed by atoms with Crippen molar-refractivity contribution in [1.82, 2.24) is 9.29 Å². The van der Waals surface area contributed by atoms with Crippen LogP contribution in [-0.2, 0) is 22.0 Å². The van der Waals surface area contributed by atoms with Gasteiger partial charge in [-0.3, -0.25) is 4.79 Å². The van der Waals surface area contributed by atoms with E-state index in [-0.39, 0.29) is 35.6 Å². The highest BCUT2D eigenvalue weighted by molar-refractivity contribution is 7.89. The van der Waals surface area contributed by atoms with E-state index in [0.717, 1.165) is 31.9 Å². The van der Waals surface area contributed by atoms with Crippen molar-refractivity contribution in [3.05, 3.63) is 75.1 Å². The Kier molecular flexibility index (Phi) is 6.41. The number of sulfonamides is 1. The van der Waals surface area contributed by atoms with Gasteiger partial charge in [-0.05, 0) is 60.2 Å². The normalized spacial score (nSPS) is 12.6. The summed E-state index contributed by atoms with van der Waals surface area (Å²) in [5, 5.41) is 10.4. The molecule has 0 aliphatic rings. The van der Waals surface area contributed by atoms with Gasteiger partial charge in [0.1, 0.15) is 0 Å². The number of hydrogen-bond acceptors (Lipinski definition) is 4. The summed E-state index contributed by atoms with van der Waals surface area (Å²) < 4.78 is 27.7. The van der Waals surface area contributed by atoms with Crippen molar-refractivity contribution in [2.75, 3.05) is 13.2 Å². The zero-order chi connectivity index (χ0) is 23.0. The van der Waals surface area contributed by atoms with Gasteiger partial charge in [0.05, 0.1) is 11.5 Å². The smallest absolute Gasteiger partial charge is 0.252 e. The lowest BCUT2D eigenvalue weighted by Crippen LogP contribution is -2.35. The number of aliphatic hydroxyl groups excluding tert-OH is 1. The highest BCUT2D eigenvalue weighted by atomic mass is 32.2. The Hall–Kier alpha value is -2.48. The molecule has 166 valence electrons. The topological polar surface area (TPSA) is 90.5 Å². The SMILES string of the molecule is Cc1cc(C)c2cc(CN(CCO)S(=O)(=O)c3ccc(C(C)(C)C)cc3)c(=O)[nH]c2c1. The first-order valence-corrected chi connectivity index (χ1v) is 11.7. The number of aliphatic hydroxyl groups is 1. The molecule has 0 unspecified atom stereocenters. The minimum atomic E-state index is -3.89. The molecule has 3 aromatic rings. The van der Waals surface area contributed by atoms with Gasteiger partial charge in [-0.15, -0.1) is 0 Å². The number of nitrogens with one attached hydrogen (secondary N) is 1. The summed E-state index contributed by atoms with van der Waals surface area (Å²) in [5.74, 6) is 0. The highest BCUT2D eigenvalue weighted by Gasteiger charge is 2.26. The van der Waals surface area contributed by atoms with Gasteiger partial charge < -0.3 is 10.1 Å². The summed E-state index contributed by atoms with van der Waals surface area (Å²) in [7, 11) is -3.89. The van der Waals surface area contributed by atoms with Crippen LogP contribution < -0.4 is 5.56 Å². The van der Waals surface area contributed by atoms with Gasteiger partial charge in [0, 0.05) is 29.6 Å². The van der Waals surface area contributed by atoms with E-state index in [0.29, 0.717) is 5.56 Å². The molecule has 7 heteroatoms. The van der Waals surface area contributed by atoms with Crippen LogP contribution in [0, 0.1) is 13.8 Å². The average Bonchev–Trinajstić information content (AvgIpc) is 2.67. The first-order chi connectivity index (χ1) is 14.4. The second-order valence-electron chi connectivity index (χ2n) is 9.00. The predicted molar refractivity (Wildman–Crippen MR) is 124 cm³/mol. The van der Waals surface area contributed by atoms with Crippen molar-refractivity contribution < 1.29 is 13.5 Å². The maximum absolute atomic E-state index is 13.3. The minimum absolute atomic E-state index is 0.0956. The third-order valence-electron chi connectivity index (χ3n) is 5.44. The number of aromatic nitrogens is 1. The standard InChI is InChI=1S/C24H30N2O4S/c1-16-12-17(2)21-14-18(23(28)25-22(21)13-16)15-26(10-11-27)31(29,30)20-8-6-19(7-9-20)24(3,4)5/h6-9,12-14,27H,10-11,15H2,1-5H3,(H,25,28). The molecule has 2 N–H and O–H groups in total. The maximum Gasteiger partial charge on any atom is 0.252 e. The number of hydrogen-bond donors (Lipinski definition) is 2. The van der Waals surface area contributed by atoms with Crippen molar-refractivity contribution >= 4 is 20.9 Å². The van der Waals surface area contributed by atoms with Crippen LogP contribution in [0.3, 0.4) is 0 Å². The molecule has 0 aliphatic carbocycles. The third kappa shape index (κ3) is 4.89. The lowest BCUT2D eigenvalue weighted by atomic mass is 9.87. The molecule has 0 atom stereocenters. The second kappa shape index (κ2) is 8.57. The summed E-state index contributed by atoms with van der Waals surface area (Å²) >= 11 is 0. The minimum Gasteiger partial charge on any atom is -0.395 e. The molecule has 31 heavy (non-hydrogen) atoms. The summed E-state index contributed by atoms with van der Waals surface area (Å²) in [4.78, 5) is 15.7. The molecule has 3 rings (SSSR count). The van der Waals surface area contributed by atoms with Crippen LogP contribution in [0.15, 0.2) is 52.2 Å². The van der Waals surface area contributed by atoms with Crippen molar-refractivity contribution in [1.29, 1.82) is 0 Å². The Balaban J connectivity index is 2.00. The molecule has 0 radical (unpaired) electrons. The summed E-state index contributed by atoms with van der Waals surface area (Å²) in [6.07, 6.45) is 0. The van der Waals surface area contributed by atoms with Crippen molar-refractivity contribution in [2.45, 2.75) is 51.5 Å². The summed E-state index contributed by atoms with van der Waals surface area (Å²) in [6.45, 7) is 9.52.